The van der Waals surface area contributed by atoms with Crippen molar-refractivity contribution in [2.24, 2.45) is 0 Å². The van der Waals surface area contributed by atoms with E-state index in [1.54, 1.807) is 0 Å². The van der Waals surface area contributed by atoms with Gasteiger partial charge in [0.1, 0.15) is 0 Å². The van der Waals surface area contributed by atoms with Gasteiger partial charge >= 0.3 is 0 Å². The predicted molar refractivity (Wildman–Crippen MR) is 58.7 cm³/mol. The van der Waals surface area contributed by atoms with Gasteiger partial charge in [-0.15, -0.1) is 6.42 Å². The highest BCUT2D eigenvalue weighted by molar-refractivity contribution is 5.29. The van der Waals surface area contributed by atoms with Crippen LogP contribution in [0.5, 0.6) is 0 Å². The fourth-order valence-electron chi connectivity index (χ4n) is 1.45. The summed E-state index contributed by atoms with van der Waals surface area (Å²) in [7, 11) is 0. The van der Waals surface area contributed by atoms with Crippen LogP contribution in [0.1, 0.15) is 31.7 Å². The lowest BCUT2D eigenvalue weighted by atomic mass is 9.89. The van der Waals surface area contributed by atoms with Gasteiger partial charge in [0, 0.05) is 0 Å². The summed E-state index contributed by atoms with van der Waals surface area (Å²) < 4.78 is 0. The molecule has 1 rings (SSSR count). The first kappa shape index (κ1) is 10.8. The van der Waals surface area contributed by atoms with E-state index in [0.717, 1.165) is 18.4 Å². The average molecular weight is 188 g/mol. The van der Waals surface area contributed by atoms with Crippen molar-refractivity contribution in [3.63, 3.8) is 0 Å². The lowest BCUT2D eigenvalue weighted by molar-refractivity contribution is 0.0877. The van der Waals surface area contributed by atoms with E-state index in [-0.39, 0.29) is 0 Å². The average Bonchev–Trinajstić information content (AvgIpc) is 2.27. The second kappa shape index (κ2) is 4.83. The minimum absolute atomic E-state index is 0.629. The molecule has 0 aliphatic heterocycles. The minimum Gasteiger partial charge on any atom is -0.373 e. The summed E-state index contributed by atoms with van der Waals surface area (Å²) in [6, 6.07) is 9.44. The molecule has 1 aromatic carbocycles. The number of hydrogen-bond donors (Lipinski definition) is 1. The van der Waals surface area contributed by atoms with Gasteiger partial charge in [0.2, 0.25) is 0 Å². The molecule has 0 bridgehead atoms. The van der Waals surface area contributed by atoms with Gasteiger partial charge in [-0.1, -0.05) is 49.6 Å². The van der Waals surface area contributed by atoms with Crippen LogP contribution in [0.2, 0.25) is 0 Å². The second-order valence-corrected chi connectivity index (χ2v) is 3.47. The Balaban J connectivity index is 2.86. The zero-order chi connectivity index (χ0) is 10.4. The molecule has 1 atom stereocenters. The molecule has 74 valence electrons. The van der Waals surface area contributed by atoms with E-state index in [9.17, 15) is 5.11 Å². The summed E-state index contributed by atoms with van der Waals surface area (Å²) in [6.07, 6.45) is 7.99. The van der Waals surface area contributed by atoms with E-state index in [1.807, 2.05) is 30.3 Å². The second-order valence-electron chi connectivity index (χ2n) is 3.47. The Bertz CT molecular complexity index is 310. The van der Waals surface area contributed by atoms with Crippen LogP contribution in [0.4, 0.5) is 0 Å². The lowest BCUT2D eigenvalue weighted by Gasteiger charge is -2.22. The summed E-state index contributed by atoms with van der Waals surface area (Å²) in [6.45, 7) is 2.09. The Hall–Kier alpha value is -1.26. The molecule has 0 aromatic heterocycles. The van der Waals surface area contributed by atoms with Crippen molar-refractivity contribution in [1.29, 1.82) is 0 Å². The Morgan fingerprint density at radius 1 is 1.36 bits per heavy atom. The zero-order valence-corrected chi connectivity index (χ0v) is 8.53. The van der Waals surface area contributed by atoms with Crippen LogP contribution in [-0.2, 0) is 5.60 Å². The summed E-state index contributed by atoms with van der Waals surface area (Å²) in [4.78, 5) is 0. The highest BCUT2D eigenvalue weighted by atomic mass is 16.3. The van der Waals surface area contributed by atoms with Crippen LogP contribution in [0.25, 0.3) is 0 Å². The van der Waals surface area contributed by atoms with Crippen molar-refractivity contribution in [3.05, 3.63) is 35.9 Å². The Labute approximate surface area is 85.8 Å². The molecule has 0 heterocycles. The van der Waals surface area contributed by atoms with E-state index in [2.05, 4.69) is 12.8 Å². The van der Waals surface area contributed by atoms with E-state index in [1.165, 1.54) is 0 Å². The van der Waals surface area contributed by atoms with Crippen molar-refractivity contribution in [1.82, 2.24) is 0 Å². The third-order valence-corrected chi connectivity index (χ3v) is 2.38. The molecule has 0 aliphatic rings. The van der Waals surface area contributed by atoms with Gasteiger partial charge in [0.15, 0.2) is 5.60 Å². The minimum atomic E-state index is -1.09. The summed E-state index contributed by atoms with van der Waals surface area (Å²) in [5.74, 6) is 2.49. The van der Waals surface area contributed by atoms with Gasteiger partial charge < -0.3 is 5.11 Å². The molecule has 0 amide bonds. The number of terminal acetylenes is 1. The summed E-state index contributed by atoms with van der Waals surface area (Å²) >= 11 is 0. The Morgan fingerprint density at radius 2 is 2.00 bits per heavy atom. The molecule has 1 nitrogen and oxygen atoms in total. The van der Waals surface area contributed by atoms with Gasteiger partial charge in [0.25, 0.3) is 0 Å². The molecule has 0 aliphatic carbocycles. The van der Waals surface area contributed by atoms with Crippen LogP contribution < -0.4 is 0 Å². The highest BCUT2D eigenvalue weighted by Crippen LogP contribution is 2.25. The predicted octanol–water partition coefficient (Wildman–Crippen LogP) is 2.70. The molecule has 1 aromatic rings. The molecule has 1 unspecified atom stereocenters. The fraction of sp³-hybridized carbons (Fsp3) is 0.385. The first-order chi connectivity index (χ1) is 6.73. The maximum Gasteiger partial charge on any atom is 0.150 e. The third-order valence-electron chi connectivity index (χ3n) is 2.38. The molecule has 0 radical (unpaired) electrons. The van der Waals surface area contributed by atoms with E-state index in [0.29, 0.717) is 6.42 Å². The van der Waals surface area contributed by atoms with Crippen molar-refractivity contribution in [2.75, 3.05) is 0 Å². The van der Waals surface area contributed by atoms with E-state index >= 15 is 0 Å². The normalized spacial score (nSPS) is 14.4. The van der Waals surface area contributed by atoms with Gasteiger partial charge in [-0.2, -0.15) is 0 Å². The first-order valence-electron chi connectivity index (χ1n) is 4.98. The summed E-state index contributed by atoms with van der Waals surface area (Å²) in [5, 5.41) is 10.2. The van der Waals surface area contributed by atoms with Crippen molar-refractivity contribution in [3.8, 4) is 12.3 Å². The molecular weight excluding hydrogens is 172 g/mol. The molecule has 0 saturated heterocycles. The molecule has 14 heavy (non-hydrogen) atoms. The van der Waals surface area contributed by atoms with Gasteiger partial charge in [-0.25, -0.2) is 0 Å². The molecular formula is C13H16O. The third kappa shape index (κ3) is 2.37. The van der Waals surface area contributed by atoms with E-state index < -0.39 is 5.60 Å². The molecule has 0 spiro atoms. The highest BCUT2D eigenvalue weighted by Gasteiger charge is 2.24. The number of unbranched alkanes of at least 4 members (excludes halogenated alkanes) is 1. The Morgan fingerprint density at radius 3 is 2.50 bits per heavy atom. The fourth-order valence-corrected chi connectivity index (χ4v) is 1.45. The number of benzene rings is 1. The van der Waals surface area contributed by atoms with Crippen molar-refractivity contribution < 1.29 is 5.11 Å². The van der Waals surface area contributed by atoms with Gasteiger partial charge in [-0.3, -0.25) is 0 Å². The van der Waals surface area contributed by atoms with Crippen LogP contribution in [0.15, 0.2) is 30.3 Å². The van der Waals surface area contributed by atoms with Crippen molar-refractivity contribution in [2.45, 2.75) is 31.8 Å². The van der Waals surface area contributed by atoms with Crippen LogP contribution >= 0.6 is 0 Å². The molecule has 0 saturated carbocycles. The number of rotatable bonds is 4. The molecule has 0 fully saturated rings. The van der Waals surface area contributed by atoms with E-state index in [4.69, 9.17) is 6.42 Å². The quantitative estimate of drug-likeness (QED) is 0.720. The number of hydrogen-bond acceptors (Lipinski definition) is 1. The van der Waals surface area contributed by atoms with Gasteiger partial charge in [-0.05, 0) is 18.4 Å². The largest absolute Gasteiger partial charge is 0.373 e. The van der Waals surface area contributed by atoms with Gasteiger partial charge in [0.05, 0.1) is 0 Å². The van der Waals surface area contributed by atoms with Crippen LogP contribution in [0.3, 0.4) is 0 Å². The standard InChI is InChI=1S/C13H16O/c1-3-5-11-13(14,4-2)12-9-7-6-8-10-12/h2,6-10,14H,3,5,11H2,1H3. The van der Waals surface area contributed by atoms with Crippen LogP contribution in [-0.4, -0.2) is 5.11 Å². The SMILES string of the molecule is C#CC(O)(CCCC)c1ccccc1. The Kier molecular flexibility index (Phi) is 3.73. The molecule has 1 N–H and O–H groups in total. The maximum atomic E-state index is 10.2. The topological polar surface area (TPSA) is 20.2 Å². The number of aliphatic hydroxyl groups is 1. The van der Waals surface area contributed by atoms with Crippen molar-refractivity contribution >= 4 is 0 Å². The summed E-state index contributed by atoms with van der Waals surface area (Å²) in [5.41, 5.74) is -0.270. The first-order valence-corrected chi connectivity index (χ1v) is 4.98. The monoisotopic (exact) mass is 188 g/mol. The lowest BCUT2D eigenvalue weighted by Crippen LogP contribution is -2.23. The maximum absolute atomic E-state index is 10.2. The van der Waals surface area contributed by atoms with Crippen LogP contribution in [0, 0.1) is 12.3 Å². The zero-order valence-electron chi connectivity index (χ0n) is 8.53. The smallest absolute Gasteiger partial charge is 0.150 e. The molecule has 1 heteroatoms.